The van der Waals surface area contributed by atoms with Gasteiger partial charge in [0.15, 0.2) is 4.80 Å². The van der Waals surface area contributed by atoms with Gasteiger partial charge in [-0.25, -0.2) is 9.79 Å². The van der Waals surface area contributed by atoms with E-state index in [0.29, 0.717) is 52.7 Å². The van der Waals surface area contributed by atoms with E-state index in [1.165, 1.54) is 23.0 Å². The number of halogens is 3. The van der Waals surface area contributed by atoms with Crippen LogP contribution in [0.25, 0.3) is 17.4 Å². The molecule has 1 atom stereocenters. The average Bonchev–Trinajstić information content (AvgIpc) is 3.43. The molecule has 1 aliphatic rings. The number of hydrogen-bond donors (Lipinski definition) is 0. The minimum atomic E-state index is -0.715. The zero-order valence-electron chi connectivity index (χ0n) is 18.9. The first-order chi connectivity index (χ1) is 17.3. The predicted molar refractivity (Wildman–Crippen MR) is 141 cm³/mol. The minimum Gasteiger partial charge on any atom is -0.466 e. The Hall–Kier alpha value is -3.10. The van der Waals surface area contributed by atoms with Gasteiger partial charge in [-0.05, 0) is 55.0 Å². The van der Waals surface area contributed by atoms with Gasteiger partial charge < -0.3 is 9.15 Å². The molecule has 0 radical (unpaired) electrons. The molecule has 0 N–H and O–H groups in total. The van der Waals surface area contributed by atoms with Crippen molar-refractivity contribution in [1.82, 2.24) is 4.57 Å². The van der Waals surface area contributed by atoms with Crippen LogP contribution in [0.1, 0.15) is 24.3 Å². The maximum atomic E-state index is 13.6. The van der Waals surface area contributed by atoms with E-state index in [0.717, 1.165) is 0 Å². The van der Waals surface area contributed by atoms with Crippen LogP contribution in [0.5, 0.6) is 0 Å². The van der Waals surface area contributed by atoms with Crippen LogP contribution in [0.3, 0.4) is 0 Å². The van der Waals surface area contributed by atoms with Crippen molar-refractivity contribution in [2.45, 2.75) is 13.0 Å². The highest BCUT2D eigenvalue weighted by atomic mass is 35.5. The number of rotatable bonds is 4. The van der Waals surface area contributed by atoms with E-state index in [-0.39, 0.29) is 11.1 Å². The number of aromatic nitrogens is 1. The summed E-state index contributed by atoms with van der Waals surface area (Å²) in [6, 6.07) is 14.9. The molecule has 10 heteroatoms. The number of nitrogens with zero attached hydrogens (tertiary/aromatic N) is 2. The zero-order chi connectivity index (χ0) is 25.6. The summed E-state index contributed by atoms with van der Waals surface area (Å²) in [4.78, 5) is 31.3. The first kappa shape index (κ1) is 24.6. The Morgan fingerprint density at radius 2 is 1.81 bits per heavy atom. The highest BCUT2D eigenvalue weighted by Crippen LogP contribution is 2.33. The molecular weight excluding hydrogens is 543 g/mol. The van der Waals surface area contributed by atoms with Gasteiger partial charge in [-0.1, -0.05) is 58.3 Å². The van der Waals surface area contributed by atoms with Crippen LogP contribution in [0, 0.1) is 0 Å². The summed E-state index contributed by atoms with van der Waals surface area (Å²) in [5, 5.41) is 1.52. The van der Waals surface area contributed by atoms with Crippen LogP contribution in [-0.2, 0) is 9.53 Å². The highest BCUT2D eigenvalue weighted by molar-refractivity contribution is 7.07. The van der Waals surface area contributed by atoms with Crippen LogP contribution in [0.15, 0.2) is 80.1 Å². The Morgan fingerprint density at radius 1 is 1.08 bits per heavy atom. The molecule has 3 heterocycles. The molecule has 0 unspecified atom stereocenters. The highest BCUT2D eigenvalue weighted by Gasteiger charge is 2.33. The van der Waals surface area contributed by atoms with Crippen molar-refractivity contribution in [1.29, 1.82) is 0 Å². The van der Waals surface area contributed by atoms with Crippen LogP contribution in [-0.4, -0.2) is 17.6 Å². The fourth-order valence-corrected chi connectivity index (χ4v) is 5.70. The third kappa shape index (κ3) is 4.44. The summed E-state index contributed by atoms with van der Waals surface area (Å²) in [5.41, 5.74) is 1.85. The average molecular weight is 560 g/mol. The second-order valence-corrected chi connectivity index (χ2v) is 10.2. The van der Waals surface area contributed by atoms with E-state index < -0.39 is 12.0 Å². The maximum absolute atomic E-state index is 13.6. The zero-order valence-corrected chi connectivity index (χ0v) is 22.0. The lowest BCUT2D eigenvalue weighted by Gasteiger charge is -2.24. The molecule has 5 rings (SSSR count). The Morgan fingerprint density at radius 3 is 2.50 bits per heavy atom. The van der Waals surface area contributed by atoms with Crippen molar-refractivity contribution in [2.75, 3.05) is 7.11 Å². The molecule has 1 aliphatic heterocycles. The second-order valence-electron chi connectivity index (χ2n) is 7.95. The van der Waals surface area contributed by atoms with E-state index in [1.807, 2.05) is 0 Å². The number of benzene rings is 2. The molecule has 0 fully saturated rings. The van der Waals surface area contributed by atoms with Crippen molar-refractivity contribution in [3.8, 4) is 11.3 Å². The molecule has 0 bridgehead atoms. The number of hydrogen-bond acceptors (Lipinski definition) is 6. The Balaban J connectivity index is 1.64. The number of esters is 1. The molecule has 0 amide bonds. The van der Waals surface area contributed by atoms with Crippen LogP contribution < -0.4 is 14.9 Å². The van der Waals surface area contributed by atoms with Gasteiger partial charge in [-0.2, -0.15) is 0 Å². The number of allylic oxidation sites excluding steroid dienone is 1. The standard InChI is InChI=1S/C26H17Cl3N2O4S/c1-13-22(25(33)34-2)23(14-3-5-15(27)6-4-14)31-24(32)21(36-26(31)30-13)12-17-8-10-20(35-17)18-9-7-16(28)11-19(18)29/h3-12,23H,1-2H3/b21-12-/t23-/m0/s1. The predicted octanol–water partition coefficient (Wildman–Crippen LogP) is 5.63. The topological polar surface area (TPSA) is 73.8 Å². The maximum Gasteiger partial charge on any atom is 0.338 e. The fraction of sp³-hybridized carbons (Fsp3) is 0.115. The number of furan rings is 1. The summed E-state index contributed by atoms with van der Waals surface area (Å²) in [6.45, 7) is 1.72. The number of carbonyl (C=O) groups is 1. The summed E-state index contributed by atoms with van der Waals surface area (Å²) < 4.78 is 12.9. The SMILES string of the molecule is COC(=O)C1=C(C)N=c2s/c(=C\c3ccc(-c4ccc(Cl)cc4Cl)o3)c(=O)n2[C@H]1c1ccc(Cl)cc1. The lowest BCUT2D eigenvalue weighted by Crippen LogP contribution is -2.39. The lowest BCUT2D eigenvalue weighted by atomic mass is 9.96. The van der Waals surface area contributed by atoms with Crippen molar-refractivity contribution >= 4 is 58.2 Å². The van der Waals surface area contributed by atoms with Gasteiger partial charge in [0.25, 0.3) is 5.56 Å². The van der Waals surface area contributed by atoms with Crippen molar-refractivity contribution < 1.29 is 13.9 Å². The molecule has 182 valence electrons. The number of methoxy groups -OCH3 is 1. The van der Waals surface area contributed by atoms with Gasteiger partial charge in [-0.15, -0.1) is 0 Å². The molecule has 2 aromatic carbocycles. The quantitative estimate of drug-likeness (QED) is 0.304. The van der Waals surface area contributed by atoms with Crippen molar-refractivity contribution in [3.05, 3.63) is 112 Å². The van der Waals surface area contributed by atoms with E-state index in [2.05, 4.69) is 4.99 Å². The van der Waals surface area contributed by atoms with E-state index in [4.69, 9.17) is 44.0 Å². The summed E-state index contributed by atoms with van der Waals surface area (Å²) in [6.07, 6.45) is 1.65. The molecule has 0 spiro atoms. The summed E-state index contributed by atoms with van der Waals surface area (Å²) >= 11 is 19.6. The van der Waals surface area contributed by atoms with Gasteiger partial charge in [0, 0.05) is 21.7 Å². The fourth-order valence-electron chi connectivity index (χ4n) is 4.05. The van der Waals surface area contributed by atoms with Gasteiger partial charge in [0.1, 0.15) is 11.5 Å². The smallest absolute Gasteiger partial charge is 0.338 e. The second kappa shape index (κ2) is 9.75. The molecule has 36 heavy (non-hydrogen) atoms. The van der Waals surface area contributed by atoms with E-state index >= 15 is 0 Å². The Labute approximate surface area is 224 Å². The van der Waals surface area contributed by atoms with Crippen LogP contribution in [0.2, 0.25) is 15.1 Å². The van der Waals surface area contributed by atoms with Gasteiger partial charge in [0.2, 0.25) is 0 Å². The molecule has 0 saturated heterocycles. The molecular formula is C26H17Cl3N2O4S. The van der Waals surface area contributed by atoms with Crippen molar-refractivity contribution in [2.24, 2.45) is 4.99 Å². The van der Waals surface area contributed by atoms with E-state index in [1.54, 1.807) is 67.6 Å². The Kier molecular flexibility index (Phi) is 6.66. The third-order valence-corrected chi connectivity index (χ3v) is 7.49. The number of fused-ring (bicyclic) bond motifs is 1. The third-order valence-electron chi connectivity index (χ3n) is 5.71. The molecule has 0 saturated carbocycles. The summed E-state index contributed by atoms with van der Waals surface area (Å²) in [5.74, 6) is 0.452. The van der Waals surface area contributed by atoms with Crippen molar-refractivity contribution in [3.63, 3.8) is 0 Å². The monoisotopic (exact) mass is 558 g/mol. The van der Waals surface area contributed by atoms with Crippen LogP contribution in [0.4, 0.5) is 0 Å². The van der Waals surface area contributed by atoms with Gasteiger partial charge >= 0.3 is 5.97 Å². The van der Waals surface area contributed by atoms with Gasteiger partial charge in [0.05, 0.1) is 34.0 Å². The summed E-state index contributed by atoms with van der Waals surface area (Å²) in [7, 11) is 1.30. The largest absolute Gasteiger partial charge is 0.466 e. The minimum absolute atomic E-state index is 0.288. The van der Waals surface area contributed by atoms with Gasteiger partial charge in [-0.3, -0.25) is 9.36 Å². The number of thiazole rings is 1. The number of carbonyl (C=O) groups excluding carboxylic acids is 1. The van der Waals surface area contributed by atoms with Crippen LogP contribution >= 0.6 is 46.1 Å². The molecule has 0 aliphatic carbocycles. The first-order valence-electron chi connectivity index (χ1n) is 10.7. The normalized spacial score (nSPS) is 15.6. The van der Waals surface area contributed by atoms with E-state index in [9.17, 15) is 9.59 Å². The number of ether oxygens (including phenoxy) is 1. The molecule has 2 aromatic heterocycles. The Bertz CT molecular complexity index is 1710. The lowest BCUT2D eigenvalue weighted by molar-refractivity contribution is -0.136. The first-order valence-corrected chi connectivity index (χ1v) is 12.6. The molecule has 6 nitrogen and oxygen atoms in total. The molecule has 4 aromatic rings.